The summed E-state index contributed by atoms with van der Waals surface area (Å²) in [5.41, 5.74) is 3.52. The van der Waals surface area contributed by atoms with Gasteiger partial charge in [0.2, 0.25) is 11.9 Å². The summed E-state index contributed by atoms with van der Waals surface area (Å²) in [7, 11) is 0. The third-order valence-corrected chi connectivity index (χ3v) is 7.24. The summed E-state index contributed by atoms with van der Waals surface area (Å²) in [6, 6.07) is 12.1. The highest BCUT2D eigenvalue weighted by atomic mass is 19.1. The second-order valence-electron chi connectivity index (χ2n) is 9.53. The highest BCUT2D eigenvalue weighted by Crippen LogP contribution is 2.32. The smallest absolute Gasteiger partial charge is 0.326 e. The summed E-state index contributed by atoms with van der Waals surface area (Å²) in [4.78, 5) is 43.4. The van der Waals surface area contributed by atoms with E-state index < -0.39 is 0 Å². The monoisotopic (exact) mass is 501 g/mol. The average molecular weight is 502 g/mol. The minimum Gasteiger partial charge on any atom is -0.367 e. The zero-order valence-electron chi connectivity index (χ0n) is 20.4. The number of benzene rings is 2. The van der Waals surface area contributed by atoms with Crippen LogP contribution >= 0.6 is 0 Å². The molecule has 2 saturated heterocycles. The van der Waals surface area contributed by atoms with Gasteiger partial charge in [-0.2, -0.15) is 0 Å². The highest BCUT2D eigenvalue weighted by molar-refractivity contribution is 5.81. The van der Waals surface area contributed by atoms with Crippen molar-refractivity contribution in [1.82, 2.24) is 24.4 Å². The Morgan fingerprint density at radius 2 is 1.65 bits per heavy atom. The number of aromatic nitrogens is 4. The second kappa shape index (κ2) is 9.68. The maximum atomic E-state index is 14.3. The normalized spacial score (nSPS) is 16.1. The van der Waals surface area contributed by atoms with Gasteiger partial charge < -0.3 is 19.7 Å². The largest absolute Gasteiger partial charge is 0.367 e. The Hall–Kier alpha value is -4.21. The van der Waals surface area contributed by atoms with Crippen molar-refractivity contribution in [2.45, 2.75) is 19.4 Å². The van der Waals surface area contributed by atoms with Crippen molar-refractivity contribution in [3.63, 3.8) is 0 Å². The number of hydrogen-bond acceptors (Lipinski definition) is 6. The number of aromatic amines is 1. The maximum absolute atomic E-state index is 14.3. The fourth-order valence-corrected chi connectivity index (χ4v) is 5.25. The van der Waals surface area contributed by atoms with Crippen molar-refractivity contribution < 1.29 is 9.18 Å². The lowest BCUT2D eigenvalue weighted by Gasteiger charge is -2.37. The highest BCUT2D eigenvalue weighted by Gasteiger charge is 2.25. The average Bonchev–Trinajstić information content (AvgIpc) is 3.57. The van der Waals surface area contributed by atoms with Gasteiger partial charge in [-0.25, -0.2) is 19.2 Å². The zero-order valence-corrected chi connectivity index (χ0v) is 20.4. The van der Waals surface area contributed by atoms with Crippen LogP contribution in [0.1, 0.15) is 12.8 Å². The first-order valence-electron chi connectivity index (χ1n) is 12.6. The summed E-state index contributed by atoms with van der Waals surface area (Å²) in [6.45, 7) is 4.13. The van der Waals surface area contributed by atoms with Crippen LogP contribution in [0.2, 0.25) is 0 Å². The third-order valence-electron chi connectivity index (χ3n) is 7.24. The number of carbonyl (C=O) groups excluding carboxylic acids is 1. The van der Waals surface area contributed by atoms with Gasteiger partial charge in [-0.1, -0.05) is 12.1 Å². The van der Waals surface area contributed by atoms with E-state index >= 15 is 0 Å². The summed E-state index contributed by atoms with van der Waals surface area (Å²) in [6.07, 6.45) is 5.81. The van der Waals surface area contributed by atoms with Crippen LogP contribution < -0.4 is 15.5 Å². The van der Waals surface area contributed by atoms with E-state index in [0.29, 0.717) is 43.2 Å². The van der Waals surface area contributed by atoms with E-state index in [-0.39, 0.29) is 24.0 Å². The van der Waals surface area contributed by atoms with Crippen molar-refractivity contribution in [2.24, 2.45) is 0 Å². The first-order valence-corrected chi connectivity index (χ1v) is 12.6. The SMILES string of the molecule is O=C(Cn1c(=O)[nH]c2ccccc21)N1CCN(c2ccc(F)cc2-c2cnc(N3CCCC3)nc2)CC1. The third kappa shape index (κ3) is 4.54. The van der Waals surface area contributed by atoms with Gasteiger partial charge in [0.15, 0.2) is 0 Å². The lowest BCUT2D eigenvalue weighted by Crippen LogP contribution is -2.50. The lowest BCUT2D eigenvalue weighted by molar-refractivity contribution is -0.132. The van der Waals surface area contributed by atoms with E-state index in [0.717, 1.165) is 42.7 Å². The van der Waals surface area contributed by atoms with Crippen LogP contribution in [0.25, 0.3) is 22.2 Å². The van der Waals surface area contributed by atoms with E-state index in [2.05, 4.69) is 24.8 Å². The molecule has 2 aliphatic rings. The molecule has 0 aliphatic carbocycles. The van der Waals surface area contributed by atoms with Crippen molar-refractivity contribution in [3.8, 4) is 11.1 Å². The summed E-state index contributed by atoms with van der Waals surface area (Å²) in [5.74, 6) is 0.290. The van der Waals surface area contributed by atoms with E-state index in [1.54, 1.807) is 23.4 Å². The Kier molecular flexibility index (Phi) is 6.07. The molecule has 0 atom stereocenters. The van der Waals surface area contributed by atoms with Gasteiger partial charge in [0, 0.05) is 68.5 Å². The van der Waals surface area contributed by atoms with Crippen LogP contribution in [0.3, 0.4) is 0 Å². The Labute approximate surface area is 213 Å². The molecule has 0 unspecified atom stereocenters. The molecule has 6 rings (SSSR count). The summed E-state index contributed by atoms with van der Waals surface area (Å²) < 4.78 is 15.7. The fourth-order valence-electron chi connectivity index (χ4n) is 5.25. The van der Waals surface area contributed by atoms with E-state index in [4.69, 9.17) is 0 Å². The van der Waals surface area contributed by atoms with Crippen molar-refractivity contribution in [1.29, 1.82) is 0 Å². The molecule has 1 amide bonds. The van der Waals surface area contributed by atoms with Crippen LogP contribution in [-0.4, -0.2) is 69.6 Å². The van der Waals surface area contributed by atoms with Gasteiger partial charge in [0.25, 0.3) is 0 Å². The lowest BCUT2D eigenvalue weighted by atomic mass is 10.0. The Morgan fingerprint density at radius 3 is 2.41 bits per heavy atom. The first kappa shape index (κ1) is 23.2. The number of nitrogens with one attached hydrogen (secondary N) is 1. The molecule has 0 radical (unpaired) electrons. The van der Waals surface area contributed by atoms with Gasteiger partial charge in [0.1, 0.15) is 12.4 Å². The fraction of sp³-hybridized carbons (Fsp3) is 0.333. The number of nitrogens with zero attached hydrogens (tertiary/aromatic N) is 6. The van der Waals surface area contributed by atoms with Crippen LogP contribution in [0, 0.1) is 5.82 Å². The molecular weight excluding hydrogens is 473 g/mol. The van der Waals surface area contributed by atoms with Gasteiger partial charge in [0.05, 0.1) is 11.0 Å². The first-order chi connectivity index (χ1) is 18.1. The van der Waals surface area contributed by atoms with E-state index in [9.17, 15) is 14.0 Å². The number of anilines is 2. The Balaban J connectivity index is 1.16. The number of imidazole rings is 1. The molecule has 9 nitrogen and oxygen atoms in total. The number of amides is 1. The number of carbonyl (C=O) groups is 1. The molecule has 0 bridgehead atoms. The quantitative estimate of drug-likeness (QED) is 0.452. The molecule has 2 fully saturated rings. The van der Waals surface area contributed by atoms with Crippen LogP contribution in [-0.2, 0) is 11.3 Å². The van der Waals surface area contributed by atoms with E-state index in [1.807, 2.05) is 24.3 Å². The predicted molar refractivity (Wildman–Crippen MR) is 140 cm³/mol. The van der Waals surface area contributed by atoms with Gasteiger partial charge in [-0.05, 0) is 43.2 Å². The molecule has 1 N–H and O–H groups in total. The number of hydrogen-bond donors (Lipinski definition) is 1. The molecule has 2 aliphatic heterocycles. The molecule has 2 aromatic carbocycles. The van der Waals surface area contributed by atoms with Crippen LogP contribution in [0.4, 0.5) is 16.0 Å². The molecule has 37 heavy (non-hydrogen) atoms. The number of halogens is 1. The predicted octanol–water partition coefficient (Wildman–Crippen LogP) is 2.87. The van der Waals surface area contributed by atoms with E-state index in [1.165, 1.54) is 16.7 Å². The summed E-state index contributed by atoms with van der Waals surface area (Å²) in [5, 5.41) is 0. The van der Waals surface area contributed by atoms with Crippen molar-refractivity contribution >= 4 is 28.6 Å². The minimum atomic E-state index is -0.319. The minimum absolute atomic E-state index is 0.00858. The van der Waals surface area contributed by atoms with Crippen molar-refractivity contribution in [2.75, 3.05) is 49.1 Å². The molecular formula is C27H28FN7O2. The number of para-hydroxylation sites is 2. The van der Waals surface area contributed by atoms with Gasteiger partial charge in [-0.15, -0.1) is 0 Å². The molecule has 190 valence electrons. The maximum Gasteiger partial charge on any atom is 0.326 e. The molecule has 0 saturated carbocycles. The molecule has 2 aromatic heterocycles. The van der Waals surface area contributed by atoms with Crippen LogP contribution in [0.5, 0.6) is 0 Å². The number of H-pyrrole nitrogens is 1. The number of rotatable bonds is 5. The Morgan fingerprint density at radius 1 is 0.919 bits per heavy atom. The van der Waals surface area contributed by atoms with Crippen molar-refractivity contribution in [3.05, 3.63) is 71.2 Å². The molecule has 4 heterocycles. The molecule has 0 spiro atoms. The number of fused-ring (bicyclic) bond motifs is 1. The van der Waals surface area contributed by atoms with Gasteiger partial charge >= 0.3 is 5.69 Å². The zero-order chi connectivity index (χ0) is 25.4. The molecule has 4 aromatic rings. The van der Waals surface area contributed by atoms with Crippen LogP contribution in [0.15, 0.2) is 59.7 Å². The topological polar surface area (TPSA) is 90.4 Å². The molecule has 10 heteroatoms. The Bertz CT molecular complexity index is 1480. The number of piperazine rings is 1. The summed E-state index contributed by atoms with van der Waals surface area (Å²) >= 11 is 0. The second-order valence-corrected chi connectivity index (χ2v) is 9.53. The van der Waals surface area contributed by atoms with Gasteiger partial charge in [-0.3, -0.25) is 9.36 Å². The standard InChI is InChI=1S/C27H28FN7O2/c28-20-7-8-23(21(15-20)19-16-29-26(30-17-19)34-9-3-4-10-34)32-11-13-33(14-12-32)25(36)18-35-24-6-2-1-5-22(24)31-27(35)37/h1-2,5-8,15-17H,3-4,9-14,18H2,(H,31,37).